The van der Waals surface area contributed by atoms with Gasteiger partial charge in [0, 0.05) is 11.5 Å². The van der Waals surface area contributed by atoms with Gasteiger partial charge in [-0.3, -0.25) is 0 Å². The van der Waals surface area contributed by atoms with Gasteiger partial charge in [-0.15, -0.1) is 0 Å². The van der Waals surface area contributed by atoms with Crippen LogP contribution in [0.1, 0.15) is 18.5 Å². The Labute approximate surface area is 64.0 Å². The molecule has 0 spiro atoms. The highest BCUT2D eigenvalue weighted by molar-refractivity contribution is 5.32. The molecule has 4 heteroatoms. The van der Waals surface area contributed by atoms with Gasteiger partial charge in [-0.1, -0.05) is 5.16 Å². The van der Waals surface area contributed by atoms with Crippen LogP contribution in [-0.2, 0) is 5.41 Å². The van der Waals surface area contributed by atoms with Crippen LogP contribution in [0.3, 0.4) is 0 Å². The van der Waals surface area contributed by atoms with Crippen molar-refractivity contribution < 1.29 is 9.63 Å². The predicted molar refractivity (Wildman–Crippen MR) is 38.9 cm³/mol. The van der Waals surface area contributed by atoms with E-state index < -0.39 is 0 Å². The van der Waals surface area contributed by atoms with E-state index in [2.05, 4.69) is 5.16 Å². The van der Waals surface area contributed by atoms with E-state index in [1.165, 1.54) is 0 Å². The van der Waals surface area contributed by atoms with Crippen molar-refractivity contribution in [3.8, 4) is 0 Å². The molecular formula is C7H10N2O2. The molecule has 3 N–H and O–H groups in total. The van der Waals surface area contributed by atoms with Gasteiger partial charge in [0.15, 0.2) is 0 Å². The number of nitrogens with two attached hydrogens (primary N) is 1. The molecule has 0 bridgehead atoms. The maximum Gasteiger partial charge on any atom is 0.222 e. The second kappa shape index (κ2) is 1.98. The van der Waals surface area contributed by atoms with Crippen LogP contribution in [0.25, 0.3) is 0 Å². The summed E-state index contributed by atoms with van der Waals surface area (Å²) in [4.78, 5) is 0. The lowest BCUT2D eigenvalue weighted by Gasteiger charge is -2.04. The summed E-state index contributed by atoms with van der Waals surface area (Å²) in [6.45, 7) is 0.138. The van der Waals surface area contributed by atoms with Crippen molar-refractivity contribution in [1.82, 2.24) is 5.16 Å². The summed E-state index contributed by atoms with van der Waals surface area (Å²) in [6.07, 6.45) is 1.96. The minimum absolute atomic E-state index is 0.124. The SMILES string of the molecule is Nc1cc(C2(CO)CC2)no1. The van der Waals surface area contributed by atoms with Gasteiger partial charge >= 0.3 is 0 Å². The van der Waals surface area contributed by atoms with E-state index in [9.17, 15) is 0 Å². The van der Waals surface area contributed by atoms with Crippen molar-refractivity contribution >= 4 is 5.88 Å². The lowest BCUT2D eigenvalue weighted by Crippen LogP contribution is -2.11. The van der Waals surface area contributed by atoms with Gasteiger partial charge in [-0.2, -0.15) is 0 Å². The van der Waals surface area contributed by atoms with Crippen LogP contribution in [0.2, 0.25) is 0 Å². The second-order valence-corrected chi connectivity index (χ2v) is 3.05. The van der Waals surface area contributed by atoms with E-state index in [-0.39, 0.29) is 12.0 Å². The van der Waals surface area contributed by atoms with Crippen LogP contribution in [-0.4, -0.2) is 16.9 Å². The molecule has 1 aliphatic carbocycles. The topological polar surface area (TPSA) is 72.3 Å². The summed E-state index contributed by atoms with van der Waals surface area (Å²) in [7, 11) is 0. The Morgan fingerprint density at radius 1 is 1.73 bits per heavy atom. The Morgan fingerprint density at radius 3 is 2.82 bits per heavy atom. The third-order valence-corrected chi connectivity index (χ3v) is 2.23. The van der Waals surface area contributed by atoms with Crippen LogP contribution in [0.15, 0.2) is 10.6 Å². The molecule has 4 nitrogen and oxygen atoms in total. The fourth-order valence-corrected chi connectivity index (χ4v) is 1.19. The van der Waals surface area contributed by atoms with Gasteiger partial charge in [0.05, 0.1) is 12.3 Å². The molecule has 0 saturated heterocycles. The number of hydrogen-bond acceptors (Lipinski definition) is 4. The van der Waals surface area contributed by atoms with Gasteiger partial charge < -0.3 is 15.4 Å². The summed E-state index contributed by atoms with van der Waals surface area (Å²) in [5.74, 6) is 0.319. The van der Waals surface area contributed by atoms with Crippen molar-refractivity contribution in [2.24, 2.45) is 0 Å². The first kappa shape index (κ1) is 6.67. The Kier molecular flexibility index (Phi) is 1.20. The van der Waals surface area contributed by atoms with Crippen molar-refractivity contribution in [2.45, 2.75) is 18.3 Å². The largest absolute Gasteiger partial charge is 0.395 e. The standard InChI is InChI=1S/C7H10N2O2/c8-6-3-5(9-11-6)7(4-10)1-2-7/h3,10H,1-2,4,8H2. The van der Waals surface area contributed by atoms with Gasteiger partial charge in [0.1, 0.15) is 0 Å². The van der Waals surface area contributed by atoms with Gasteiger partial charge in [0.2, 0.25) is 5.88 Å². The number of rotatable bonds is 2. The molecule has 11 heavy (non-hydrogen) atoms. The molecule has 0 atom stereocenters. The number of hydrogen-bond donors (Lipinski definition) is 2. The molecule has 2 rings (SSSR count). The number of aliphatic hydroxyl groups excluding tert-OH is 1. The molecule has 1 heterocycles. The second-order valence-electron chi connectivity index (χ2n) is 3.05. The van der Waals surface area contributed by atoms with Gasteiger partial charge in [-0.05, 0) is 12.8 Å². The van der Waals surface area contributed by atoms with Crippen LogP contribution < -0.4 is 5.73 Å². The first-order chi connectivity index (χ1) is 5.27. The first-order valence-electron chi connectivity index (χ1n) is 3.60. The maximum absolute atomic E-state index is 9.00. The van der Waals surface area contributed by atoms with Gasteiger partial charge in [-0.25, -0.2) is 0 Å². The fourth-order valence-electron chi connectivity index (χ4n) is 1.19. The average Bonchev–Trinajstić information content (AvgIpc) is 2.70. The first-order valence-corrected chi connectivity index (χ1v) is 3.60. The monoisotopic (exact) mass is 154 g/mol. The molecule has 0 aliphatic heterocycles. The highest BCUT2D eigenvalue weighted by Crippen LogP contribution is 2.47. The van der Waals surface area contributed by atoms with Crippen molar-refractivity contribution in [3.05, 3.63) is 11.8 Å². The third-order valence-electron chi connectivity index (χ3n) is 2.23. The normalized spacial score (nSPS) is 20.1. The van der Waals surface area contributed by atoms with E-state index in [1.807, 2.05) is 0 Å². The quantitative estimate of drug-likeness (QED) is 0.641. The van der Waals surface area contributed by atoms with Gasteiger partial charge in [0.25, 0.3) is 0 Å². The Morgan fingerprint density at radius 2 is 2.45 bits per heavy atom. The van der Waals surface area contributed by atoms with Crippen molar-refractivity contribution in [2.75, 3.05) is 12.3 Å². The zero-order valence-corrected chi connectivity index (χ0v) is 6.08. The summed E-state index contributed by atoms with van der Waals surface area (Å²) in [6, 6.07) is 1.68. The zero-order chi connectivity index (χ0) is 7.90. The van der Waals surface area contributed by atoms with E-state index in [4.69, 9.17) is 15.4 Å². The average molecular weight is 154 g/mol. The summed E-state index contributed by atoms with van der Waals surface area (Å²) in [5, 5.41) is 12.8. The van der Waals surface area contributed by atoms with Crippen LogP contribution in [0.5, 0.6) is 0 Å². The number of aliphatic hydroxyl groups is 1. The summed E-state index contributed by atoms with van der Waals surface area (Å²) >= 11 is 0. The van der Waals surface area contributed by atoms with E-state index in [0.717, 1.165) is 18.5 Å². The number of aromatic nitrogens is 1. The van der Waals surface area contributed by atoms with E-state index >= 15 is 0 Å². The molecule has 60 valence electrons. The molecule has 1 saturated carbocycles. The molecule has 0 amide bonds. The van der Waals surface area contributed by atoms with Crippen LogP contribution in [0, 0.1) is 0 Å². The molecule has 0 aromatic carbocycles. The van der Waals surface area contributed by atoms with Crippen molar-refractivity contribution in [1.29, 1.82) is 0 Å². The molecule has 0 radical (unpaired) electrons. The highest BCUT2D eigenvalue weighted by atomic mass is 16.5. The smallest absolute Gasteiger partial charge is 0.222 e. The Hall–Kier alpha value is -1.03. The Balaban J connectivity index is 2.29. The summed E-state index contributed by atoms with van der Waals surface area (Å²) < 4.78 is 4.71. The van der Waals surface area contributed by atoms with Crippen LogP contribution in [0.4, 0.5) is 5.88 Å². The van der Waals surface area contributed by atoms with Crippen molar-refractivity contribution in [3.63, 3.8) is 0 Å². The van der Waals surface area contributed by atoms with Crippen LogP contribution >= 0.6 is 0 Å². The molecule has 0 unspecified atom stereocenters. The molecule has 1 fully saturated rings. The fraction of sp³-hybridized carbons (Fsp3) is 0.571. The predicted octanol–water partition coefficient (Wildman–Crippen LogP) is 0.281. The van der Waals surface area contributed by atoms with E-state index in [0.29, 0.717) is 5.88 Å². The number of anilines is 1. The molecular weight excluding hydrogens is 144 g/mol. The lowest BCUT2D eigenvalue weighted by molar-refractivity contribution is 0.248. The lowest BCUT2D eigenvalue weighted by atomic mass is 10.0. The number of nitrogen functional groups attached to an aromatic ring is 1. The minimum atomic E-state index is -0.124. The summed E-state index contributed by atoms with van der Waals surface area (Å²) in [5.41, 5.74) is 6.01. The Bertz CT molecular complexity index is 265. The molecule has 1 aromatic heterocycles. The number of nitrogens with zero attached hydrogens (tertiary/aromatic N) is 1. The zero-order valence-electron chi connectivity index (χ0n) is 6.08. The third kappa shape index (κ3) is 0.903. The highest BCUT2D eigenvalue weighted by Gasteiger charge is 2.46. The minimum Gasteiger partial charge on any atom is -0.395 e. The van der Waals surface area contributed by atoms with E-state index in [1.54, 1.807) is 6.07 Å². The molecule has 1 aliphatic rings. The molecule has 1 aromatic rings. The maximum atomic E-state index is 9.00.